The molecule has 0 radical (unpaired) electrons. The van der Waals surface area contributed by atoms with Gasteiger partial charge in [-0.3, -0.25) is 9.59 Å². The molecule has 0 saturated carbocycles. The first-order valence-electron chi connectivity index (χ1n) is 9.71. The molecule has 0 aliphatic carbocycles. The fourth-order valence-corrected chi connectivity index (χ4v) is 4.56. The van der Waals surface area contributed by atoms with Crippen LogP contribution in [0.3, 0.4) is 0 Å². The first-order chi connectivity index (χ1) is 15.1. The smallest absolute Gasteiger partial charge is 0.226 e. The number of amides is 1. The Morgan fingerprint density at radius 1 is 1.06 bits per heavy atom. The van der Waals surface area contributed by atoms with Crippen molar-refractivity contribution in [2.75, 3.05) is 26.5 Å². The molecule has 1 N–H and O–H groups in total. The van der Waals surface area contributed by atoms with Crippen LogP contribution in [-0.4, -0.2) is 43.2 Å². The van der Waals surface area contributed by atoms with E-state index in [-0.39, 0.29) is 18.1 Å². The summed E-state index contributed by atoms with van der Waals surface area (Å²) in [7, 11) is 3.23. The minimum Gasteiger partial charge on any atom is -0.497 e. The third kappa shape index (κ3) is 7.11. The van der Waals surface area contributed by atoms with Crippen molar-refractivity contribution < 1.29 is 19.1 Å². The molecule has 2 aromatic carbocycles. The average molecular weight is 457 g/mol. The standard InChI is InChI=1S/C23H24N2O4S2/c1-28-19-8-6-17(7-9-19)21(26)15-31-23-25-18(14-30-23)13-22(27)24-11-10-16-4-3-5-20(12-16)29-2/h3-9,12,14H,10-11,13,15H2,1-2H3,(H,24,27). The Labute approximate surface area is 190 Å². The van der Waals surface area contributed by atoms with Gasteiger partial charge in [-0.05, 0) is 48.4 Å². The molecule has 8 heteroatoms. The molecule has 3 rings (SSSR count). The summed E-state index contributed by atoms with van der Waals surface area (Å²) in [5.74, 6) is 1.78. The van der Waals surface area contributed by atoms with Crippen LogP contribution < -0.4 is 14.8 Å². The van der Waals surface area contributed by atoms with Crippen molar-refractivity contribution in [1.82, 2.24) is 10.3 Å². The Balaban J connectivity index is 1.41. The summed E-state index contributed by atoms with van der Waals surface area (Å²) in [6.45, 7) is 0.550. The molecule has 0 aliphatic rings. The number of nitrogens with one attached hydrogen (secondary N) is 1. The Bertz CT molecular complexity index is 1020. The molecule has 1 aromatic heterocycles. The monoisotopic (exact) mass is 456 g/mol. The van der Waals surface area contributed by atoms with Gasteiger partial charge in [0, 0.05) is 17.5 Å². The van der Waals surface area contributed by atoms with Crippen molar-refractivity contribution in [3.05, 3.63) is 70.7 Å². The minimum atomic E-state index is -0.0703. The highest BCUT2D eigenvalue weighted by molar-refractivity contribution is 8.01. The van der Waals surface area contributed by atoms with Crippen LogP contribution >= 0.6 is 23.1 Å². The first-order valence-corrected chi connectivity index (χ1v) is 11.6. The van der Waals surface area contributed by atoms with E-state index in [0.717, 1.165) is 27.8 Å². The maximum absolute atomic E-state index is 12.3. The van der Waals surface area contributed by atoms with E-state index in [1.54, 1.807) is 38.5 Å². The summed E-state index contributed by atoms with van der Waals surface area (Å²) in [4.78, 5) is 29.0. The van der Waals surface area contributed by atoms with E-state index in [0.29, 0.717) is 23.6 Å². The lowest BCUT2D eigenvalue weighted by Crippen LogP contribution is -2.27. The molecule has 1 heterocycles. The van der Waals surface area contributed by atoms with Gasteiger partial charge in [-0.25, -0.2) is 4.98 Å². The van der Waals surface area contributed by atoms with Crippen LogP contribution in [0.5, 0.6) is 11.5 Å². The zero-order chi connectivity index (χ0) is 22.1. The number of rotatable bonds is 11. The highest BCUT2D eigenvalue weighted by atomic mass is 32.2. The highest BCUT2D eigenvalue weighted by Crippen LogP contribution is 2.24. The average Bonchev–Trinajstić information content (AvgIpc) is 3.24. The number of ether oxygens (including phenoxy) is 2. The molecule has 0 bridgehead atoms. The Hall–Kier alpha value is -2.84. The van der Waals surface area contributed by atoms with Gasteiger partial charge in [0.05, 0.1) is 32.1 Å². The Kier molecular flexibility index (Phi) is 8.49. The third-order valence-corrected chi connectivity index (χ3v) is 6.55. The predicted molar refractivity (Wildman–Crippen MR) is 124 cm³/mol. The fraction of sp³-hybridized carbons (Fsp3) is 0.261. The third-order valence-electron chi connectivity index (χ3n) is 4.48. The largest absolute Gasteiger partial charge is 0.497 e. The molecule has 0 atom stereocenters. The van der Waals surface area contributed by atoms with Crippen molar-refractivity contribution in [2.24, 2.45) is 0 Å². The van der Waals surface area contributed by atoms with E-state index in [9.17, 15) is 9.59 Å². The lowest BCUT2D eigenvalue weighted by molar-refractivity contribution is -0.120. The molecular formula is C23H24N2O4S2. The molecule has 3 aromatic rings. The van der Waals surface area contributed by atoms with E-state index in [1.165, 1.54) is 23.1 Å². The lowest BCUT2D eigenvalue weighted by Gasteiger charge is -2.06. The number of methoxy groups -OCH3 is 2. The number of aromatic nitrogens is 1. The number of thiazole rings is 1. The molecule has 31 heavy (non-hydrogen) atoms. The second kappa shape index (κ2) is 11.5. The maximum Gasteiger partial charge on any atom is 0.226 e. The van der Waals surface area contributed by atoms with Gasteiger partial charge in [-0.15, -0.1) is 11.3 Å². The summed E-state index contributed by atoms with van der Waals surface area (Å²) < 4.78 is 11.1. The lowest BCUT2D eigenvalue weighted by atomic mass is 10.1. The number of hydrogen-bond donors (Lipinski definition) is 1. The number of Topliss-reactive ketones (excluding diaryl/α,β-unsaturated/α-hetero) is 1. The molecule has 0 unspecified atom stereocenters. The molecule has 1 amide bonds. The van der Waals surface area contributed by atoms with Crippen LogP contribution in [0.15, 0.2) is 58.3 Å². The number of hydrogen-bond acceptors (Lipinski definition) is 7. The molecule has 0 spiro atoms. The number of nitrogens with zero attached hydrogens (tertiary/aromatic N) is 1. The number of ketones is 1. The van der Waals surface area contributed by atoms with Crippen molar-refractivity contribution in [3.63, 3.8) is 0 Å². The van der Waals surface area contributed by atoms with E-state index in [2.05, 4.69) is 10.3 Å². The predicted octanol–water partition coefficient (Wildman–Crippen LogP) is 4.04. The van der Waals surface area contributed by atoms with Crippen LogP contribution in [0, 0.1) is 0 Å². The first kappa shape index (κ1) is 22.8. The van der Waals surface area contributed by atoms with E-state index < -0.39 is 0 Å². The van der Waals surface area contributed by atoms with Crippen LogP contribution in [-0.2, 0) is 17.6 Å². The quantitative estimate of drug-likeness (QED) is 0.347. The number of thioether (sulfide) groups is 1. The molecule has 0 fully saturated rings. The van der Waals surface area contributed by atoms with Crippen LogP contribution in [0.4, 0.5) is 0 Å². The molecule has 6 nitrogen and oxygen atoms in total. The summed E-state index contributed by atoms with van der Waals surface area (Å²) >= 11 is 2.83. The molecule has 162 valence electrons. The van der Waals surface area contributed by atoms with Crippen molar-refractivity contribution >= 4 is 34.8 Å². The maximum atomic E-state index is 12.3. The minimum absolute atomic E-state index is 0.0275. The summed E-state index contributed by atoms with van der Waals surface area (Å²) in [6.07, 6.45) is 0.955. The normalized spacial score (nSPS) is 10.5. The van der Waals surface area contributed by atoms with Gasteiger partial charge in [-0.2, -0.15) is 0 Å². The second-order valence-electron chi connectivity index (χ2n) is 6.67. The topological polar surface area (TPSA) is 77.5 Å². The highest BCUT2D eigenvalue weighted by Gasteiger charge is 2.11. The van der Waals surface area contributed by atoms with Crippen LogP contribution in [0.2, 0.25) is 0 Å². The van der Waals surface area contributed by atoms with E-state index in [1.807, 2.05) is 29.6 Å². The fourth-order valence-electron chi connectivity index (χ4n) is 2.82. The Morgan fingerprint density at radius 3 is 2.58 bits per heavy atom. The van der Waals surface area contributed by atoms with Gasteiger partial charge in [0.2, 0.25) is 5.91 Å². The van der Waals surface area contributed by atoms with E-state index >= 15 is 0 Å². The van der Waals surface area contributed by atoms with Gasteiger partial charge in [0.1, 0.15) is 11.5 Å². The zero-order valence-electron chi connectivity index (χ0n) is 17.4. The second-order valence-corrected chi connectivity index (χ2v) is 8.75. The van der Waals surface area contributed by atoms with Gasteiger partial charge in [-0.1, -0.05) is 23.9 Å². The van der Waals surface area contributed by atoms with Crippen LogP contribution in [0.25, 0.3) is 0 Å². The summed E-state index contributed by atoms with van der Waals surface area (Å²) in [5, 5.41) is 4.78. The van der Waals surface area contributed by atoms with Crippen molar-refractivity contribution in [2.45, 2.75) is 17.2 Å². The zero-order valence-corrected chi connectivity index (χ0v) is 19.1. The number of carbonyl (C=O) groups excluding carboxylic acids is 2. The molecule has 0 saturated heterocycles. The van der Waals surface area contributed by atoms with Gasteiger partial charge >= 0.3 is 0 Å². The van der Waals surface area contributed by atoms with E-state index in [4.69, 9.17) is 9.47 Å². The van der Waals surface area contributed by atoms with Gasteiger partial charge < -0.3 is 14.8 Å². The van der Waals surface area contributed by atoms with Crippen molar-refractivity contribution in [3.8, 4) is 11.5 Å². The van der Waals surface area contributed by atoms with Gasteiger partial charge in [0.15, 0.2) is 10.1 Å². The van der Waals surface area contributed by atoms with Crippen LogP contribution in [0.1, 0.15) is 21.6 Å². The number of benzene rings is 2. The van der Waals surface area contributed by atoms with Gasteiger partial charge in [0.25, 0.3) is 0 Å². The molecular weight excluding hydrogens is 432 g/mol. The summed E-state index contributed by atoms with van der Waals surface area (Å²) in [6, 6.07) is 14.8. The van der Waals surface area contributed by atoms with Crippen molar-refractivity contribution in [1.29, 1.82) is 0 Å². The Morgan fingerprint density at radius 2 is 1.84 bits per heavy atom. The summed E-state index contributed by atoms with van der Waals surface area (Å²) in [5.41, 5.74) is 2.46. The molecule has 0 aliphatic heterocycles. The number of carbonyl (C=O) groups is 2. The SMILES string of the molecule is COc1ccc(C(=O)CSc2nc(CC(=O)NCCc3cccc(OC)c3)cs2)cc1.